The predicted molar refractivity (Wildman–Crippen MR) is 279 cm³/mol. The molecular weight excluding hydrogens is 1110 g/mol. The Balaban J connectivity index is 0.979. The fourth-order valence-electron chi connectivity index (χ4n) is 8.71. The van der Waals surface area contributed by atoms with Crippen molar-refractivity contribution in [1.29, 1.82) is 0 Å². The molecule has 11 rings (SSSR count). The molecule has 0 amide bonds. The third-order valence-electron chi connectivity index (χ3n) is 12.3. The molecule has 32 heteroatoms. The van der Waals surface area contributed by atoms with Crippen LogP contribution in [0.2, 0.25) is 10.0 Å². The monoisotopic (exact) mass is 1150 g/mol. The number of aryl methyl sites for hydroxylation is 1. The number of rotatable bonds is 12. The van der Waals surface area contributed by atoms with Gasteiger partial charge < -0.3 is 49.7 Å². The number of fused-ring (bicyclic) bond motifs is 4. The number of nitrogens with one attached hydrogen (secondary N) is 4. The van der Waals surface area contributed by atoms with Gasteiger partial charge in [0.15, 0.2) is 28.1 Å². The molecule has 2 atom stereocenters. The Hall–Kier alpha value is -7.39. The summed E-state index contributed by atoms with van der Waals surface area (Å²) >= 11 is 14.0. The number of para-hydroxylation sites is 2. The zero-order chi connectivity index (χ0) is 54.0. The van der Waals surface area contributed by atoms with Gasteiger partial charge in [0.25, 0.3) is 26.2 Å². The van der Waals surface area contributed by atoms with E-state index in [4.69, 9.17) is 41.8 Å². The van der Waals surface area contributed by atoms with Crippen LogP contribution >= 0.6 is 23.2 Å². The highest BCUT2D eigenvalue weighted by molar-refractivity contribution is 7.90. The molecule has 2 aromatic heterocycles. The molecule has 0 radical (unpaired) electrons. The molecule has 3 aromatic carbocycles. The highest BCUT2D eigenvalue weighted by atomic mass is 35.5. The number of anilines is 8. The first-order chi connectivity index (χ1) is 36.8. The second-order valence-corrected chi connectivity index (χ2v) is 22.2. The van der Waals surface area contributed by atoms with Crippen LogP contribution in [0.15, 0.2) is 103 Å². The first-order valence-electron chi connectivity index (χ1n) is 23.0. The van der Waals surface area contributed by atoms with Crippen LogP contribution in [0.25, 0.3) is 22.6 Å². The minimum absolute atomic E-state index is 0.0321. The summed E-state index contributed by atoms with van der Waals surface area (Å²) in [5.41, 5.74) is 0.581. The Morgan fingerprint density at radius 3 is 1.95 bits per heavy atom. The number of morpholine rings is 2. The molecule has 400 valence electrons. The molecule has 5 aromatic rings. The summed E-state index contributed by atoms with van der Waals surface area (Å²) < 4.78 is 133. The Labute approximate surface area is 446 Å². The molecule has 0 spiro atoms. The lowest BCUT2D eigenvalue weighted by atomic mass is 10.00. The van der Waals surface area contributed by atoms with Gasteiger partial charge in [0.1, 0.15) is 36.7 Å². The van der Waals surface area contributed by atoms with E-state index in [0.717, 1.165) is 11.6 Å². The highest BCUT2D eigenvalue weighted by Gasteiger charge is 2.43. The zero-order valence-electron chi connectivity index (χ0n) is 39.6. The number of aromatic nitrogens is 7. The van der Waals surface area contributed by atoms with E-state index in [-0.39, 0.29) is 79.4 Å². The van der Waals surface area contributed by atoms with Gasteiger partial charge in [0.2, 0.25) is 29.7 Å². The number of hydrogen-bond donors (Lipinski definition) is 7. The fourth-order valence-corrected chi connectivity index (χ4v) is 11.5. The highest BCUT2D eigenvalue weighted by Crippen LogP contribution is 2.51. The average Bonchev–Trinajstić information content (AvgIpc) is 3.42. The molecule has 7 N–H and O–H groups in total. The maximum atomic E-state index is 13.4. The van der Waals surface area contributed by atoms with Crippen molar-refractivity contribution in [2.24, 2.45) is 4.99 Å². The SMILES string of the molecule is Cc1ccccc1Nc1nc(NC2=C(S(=O)(=O)O)C3Oc4c(c(Cl)c5oc6c(S(=O)(=O)O)/c(=N/c7nc(Nc8ccccc8S(=O)(=O)O)nc(N8CCOCC8)n7)ccc-6nc5c4Cl)NC3C=C2)nc(N2CCOCC2)n1. The van der Waals surface area contributed by atoms with Crippen LogP contribution in [0.3, 0.4) is 0 Å². The van der Waals surface area contributed by atoms with Crippen molar-refractivity contribution in [3.63, 3.8) is 0 Å². The van der Waals surface area contributed by atoms with Crippen LogP contribution in [0, 0.1) is 6.92 Å². The van der Waals surface area contributed by atoms with Gasteiger partial charge in [-0.3, -0.25) is 13.7 Å². The van der Waals surface area contributed by atoms with Gasteiger partial charge in [-0.2, -0.15) is 55.2 Å². The Bertz CT molecular complexity index is 4010. The molecule has 6 aliphatic rings. The quantitative estimate of drug-likeness (QED) is 0.0616. The van der Waals surface area contributed by atoms with Crippen LogP contribution in [-0.2, 0) is 39.8 Å². The van der Waals surface area contributed by atoms with Gasteiger partial charge in [0, 0.05) is 31.9 Å². The van der Waals surface area contributed by atoms with Crippen LogP contribution in [0.1, 0.15) is 5.56 Å². The fraction of sp³-hybridized carbons (Fsp3) is 0.244. The van der Waals surface area contributed by atoms with Crippen molar-refractivity contribution >= 4 is 117 Å². The number of halogens is 2. The molecule has 27 nitrogen and oxygen atoms in total. The molecule has 2 unspecified atom stereocenters. The van der Waals surface area contributed by atoms with Gasteiger partial charge in [0.05, 0.1) is 49.2 Å². The van der Waals surface area contributed by atoms with Crippen LogP contribution in [-0.4, -0.2) is 139 Å². The van der Waals surface area contributed by atoms with Crippen LogP contribution in [0.5, 0.6) is 5.75 Å². The number of ether oxygens (including phenoxy) is 3. The second kappa shape index (κ2) is 20.2. The maximum absolute atomic E-state index is 13.4. The van der Waals surface area contributed by atoms with Gasteiger partial charge in [-0.1, -0.05) is 59.6 Å². The average molecular weight is 1150 g/mol. The van der Waals surface area contributed by atoms with E-state index >= 15 is 0 Å². The maximum Gasteiger partial charge on any atom is 0.300 e. The van der Waals surface area contributed by atoms with E-state index in [1.165, 1.54) is 42.5 Å². The number of nitrogens with zero attached hydrogens (tertiary/aromatic N) is 10. The van der Waals surface area contributed by atoms with Gasteiger partial charge in [-0.25, -0.2) is 9.98 Å². The van der Waals surface area contributed by atoms with Crippen molar-refractivity contribution in [3.8, 4) is 17.2 Å². The first-order valence-corrected chi connectivity index (χ1v) is 28.1. The lowest BCUT2D eigenvalue weighted by Crippen LogP contribution is -2.46. The third-order valence-corrected chi connectivity index (χ3v) is 15.8. The van der Waals surface area contributed by atoms with E-state index in [1.54, 1.807) is 4.90 Å². The summed E-state index contributed by atoms with van der Waals surface area (Å²) in [7, 11) is -15.1. The van der Waals surface area contributed by atoms with E-state index < -0.39 is 74.3 Å². The number of allylic oxidation sites excluding steroid dienone is 1. The Morgan fingerprint density at radius 1 is 0.688 bits per heavy atom. The molecule has 2 saturated heterocycles. The summed E-state index contributed by atoms with van der Waals surface area (Å²) in [6.07, 6.45) is 1.38. The Kier molecular flexibility index (Phi) is 13.6. The first kappa shape index (κ1) is 51.7. The molecule has 2 aliphatic carbocycles. The normalized spacial score (nSPS) is 18.2. The van der Waals surface area contributed by atoms with E-state index in [0.29, 0.717) is 58.3 Å². The molecule has 6 heterocycles. The minimum Gasteiger partial charge on any atom is -0.478 e. The second-order valence-electron chi connectivity index (χ2n) is 17.3. The van der Waals surface area contributed by atoms with Crippen molar-refractivity contribution < 1.29 is 57.5 Å². The van der Waals surface area contributed by atoms with Crippen molar-refractivity contribution in [3.05, 3.63) is 104 Å². The van der Waals surface area contributed by atoms with E-state index in [9.17, 15) is 38.9 Å². The molecular formula is C45H40Cl2N14O13S3. The molecule has 4 aliphatic heterocycles. The van der Waals surface area contributed by atoms with Gasteiger partial charge in [-0.05, 0) is 48.9 Å². The summed E-state index contributed by atoms with van der Waals surface area (Å²) in [4.78, 5) is 37.4. The van der Waals surface area contributed by atoms with Gasteiger partial charge >= 0.3 is 10.1 Å². The number of hydrogen-bond acceptors (Lipinski definition) is 24. The lowest BCUT2D eigenvalue weighted by molar-refractivity contribution is 0.122. The topological polar surface area (TPSA) is 361 Å². The standard InChI is InChI=1S/C45H40Cl2N14O13S3/c1-22-6-2-3-7-23(22)50-40-54-42(58-44(56-40)60-14-18-71-19-15-60)52-27-12-10-25-34(38(27)76(65,66)67)73-36-30(46)33-37(31(47)32(36)48-25)74-35-26(49-33)11-13-28(39(35)77(68,69)70)53-43-55-41(57-45(59-43)61-16-20-72-21-17-61)51-24-8-4-5-9-29(24)75(62,63)64/h2-13,25,34,48H,14-21H2,1H3,(H,62,63,64)(H,65,66,67)(H,68,69,70)(H,51,55,57,59)(H2,50,52,54,56,58)/b53-28+. The molecule has 77 heavy (non-hydrogen) atoms. The van der Waals surface area contributed by atoms with Crippen LogP contribution < -0.4 is 41.2 Å². The van der Waals surface area contributed by atoms with Crippen molar-refractivity contribution in [2.45, 2.75) is 28.9 Å². The third kappa shape index (κ3) is 10.5. The van der Waals surface area contributed by atoms with Gasteiger partial charge in [-0.15, -0.1) is 0 Å². The summed E-state index contributed by atoms with van der Waals surface area (Å²) in [6.45, 7) is 4.91. The summed E-state index contributed by atoms with van der Waals surface area (Å²) in [6, 6.07) is 14.2. The van der Waals surface area contributed by atoms with Crippen molar-refractivity contribution in [1.82, 2.24) is 34.9 Å². The Morgan fingerprint density at radius 2 is 1.30 bits per heavy atom. The lowest BCUT2D eigenvalue weighted by Gasteiger charge is -2.37. The summed E-state index contributed by atoms with van der Waals surface area (Å²) in [5, 5.41) is 11.0. The predicted octanol–water partition coefficient (Wildman–Crippen LogP) is 5.13. The molecule has 0 bridgehead atoms. The summed E-state index contributed by atoms with van der Waals surface area (Å²) in [5.74, 6) is -1.10. The molecule has 0 saturated carbocycles. The molecule has 2 fully saturated rings. The van der Waals surface area contributed by atoms with Crippen LogP contribution in [0.4, 0.5) is 52.8 Å². The van der Waals surface area contributed by atoms with E-state index in [1.807, 2.05) is 36.1 Å². The largest absolute Gasteiger partial charge is 0.478 e. The minimum atomic E-state index is -5.27. The zero-order valence-corrected chi connectivity index (χ0v) is 43.6. The van der Waals surface area contributed by atoms with E-state index in [2.05, 4.69) is 61.1 Å². The number of benzene rings is 4. The smallest absolute Gasteiger partial charge is 0.300 e. The van der Waals surface area contributed by atoms with Crippen molar-refractivity contribution in [2.75, 3.05) is 83.7 Å².